The van der Waals surface area contributed by atoms with E-state index < -0.39 is 5.82 Å². The molecule has 0 aromatic heterocycles. The molecule has 2 aromatic carbocycles. The third-order valence-electron chi connectivity index (χ3n) is 3.80. The van der Waals surface area contributed by atoms with Crippen LogP contribution in [0.25, 0.3) is 0 Å². The minimum atomic E-state index is -0.402. The molecule has 1 heterocycles. The molecule has 1 amide bonds. The average molecular weight is 304 g/mol. The summed E-state index contributed by atoms with van der Waals surface area (Å²) in [7, 11) is 0. The number of halogens is 2. The van der Waals surface area contributed by atoms with Crippen LogP contribution in [-0.2, 0) is 19.5 Å². The summed E-state index contributed by atoms with van der Waals surface area (Å²) in [6, 6.07) is 10.8. The lowest BCUT2D eigenvalue weighted by Crippen LogP contribution is -2.23. The second-order valence-electron chi connectivity index (χ2n) is 5.25. The quantitative estimate of drug-likeness (QED) is 0.832. The average Bonchev–Trinajstić information content (AvgIpc) is 2.76. The molecule has 0 unspecified atom stereocenters. The Morgan fingerprint density at radius 3 is 2.52 bits per heavy atom. The van der Waals surface area contributed by atoms with Gasteiger partial charge in [-0.15, -0.1) is 0 Å². The highest BCUT2D eigenvalue weighted by atomic mass is 35.5. The first kappa shape index (κ1) is 14.1. The lowest BCUT2D eigenvalue weighted by molar-refractivity contribution is 0.0767. The Kier molecular flexibility index (Phi) is 3.68. The number of hydrogen-bond acceptors (Lipinski definition) is 1. The monoisotopic (exact) mass is 303 g/mol. The maximum atomic E-state index is 13.4. The fraction of sp³-hybridized carbons (Fsp3) is 0.235. The Morgan fingerprint density at radius 1 is 1.19 bits per heavy atom. The third-order valence-corrected chi connectivity index (χ3v) is 4.10. The van der Waals surface area contributed by atoms with E-state index in [1.165, 1.54) is 17.7 Å². The summed E-state index contributed by atoms with van der Waals surface area (Å²) in [6.45, 7) is 3.02. The highest BCUT2D eigenvalue weighted by Gasteiger charge is 2.30. The van der Waals surface area contributed by atoms with Crippen LogP contribution >= 0.6 is 11.6 Å². The summed E-state index contributed by atoms with van der Waals surface area (Å²) in [4.78, 5) is 14.1. The van der Waals surface area contributed by atoms with Gasteiger partial charge in [0.05, 0.1) is 10.6 Å². The van der Waals surface area contributed by atoms with Gasteiger partial charge in [0.15, 0.2) is 0 Å². The van der Waals surface area contributed by atoms with Gasteiger partial charge in [0.2, 0.25) is 0 Å². The van der Waals surface area contributed by atoms with Crippen LogP contribution < -0.4 is 0 Å². The van der Waals surface area contributed by atoms with Crippen molar-refractivity contribution in [1.29, 1.82) is 0 Å². The van der Waals surface area contributed by atoms with Crippen molar-refractivity contribution in [2.45, 2.75) is 26.4 Å². The van der Waals surface area contributed by atoms with Crippen LogP contribution in [-0.4, -0.2) is 10.8 Å². The lowest BCUT2D eigenvalue weighted by Gasteiger charge is -2.15. The molecule has 21 heavy (non-hydrogen) atoms. The first-order valence-corrected chi connectivity index (χ1v) is 7.31. The van der Waals surface area contributed by atoms with Crippen molar-refractivity contribution in [3.63, 3.8) is 0 Å². The number of amides is 1. The van der Waals surface area contributed by atoms with E-state index >= 15 is 0 Å². The van der Waals surface area contributed by atoms with Crippen molar-refractivity contribution in [2.24, 2.45) is 0 Å². The van der Waals surface area contributed by atoms with Crippen molar-refractivity contribution in [2.75, 3.05) is 0 Å². The largest absolute Gasteiger partial charge is 0.330 e. The summed E-state index contributed by atoms with van der Waals surface area (Å²) >= 11 is 5.99. The Bertz CT molecular complexity index is 697. The second kappa shape index (κ2) is 5.49. The summed E-state index contributed by atoms with van der Waals surface area (Å²) < 4.78 is 13.4. The minimum absolute atomic E-state index is 0.130. The van der Waals surface area contributed by atoms with E-state index in [4.69, 9.17) is 11.6 Å². The van der Waals surface area contributed by atoms with E-state index in [1.807, 2.05) is 12.1 Å². The number of carbonyl (C=O) groups is 1. The molecular formula is C17H15ClFNO. The molecule has 0 saturated heterocycles. The Hall–Kier alpha value is -1.87. The fourth-order valence-corrected chi connectivity index (χ4v) is 2.96. The van der Waals surface area contributed by atoms with Crippen molar-refractivity contribution in [1.82, 2.24) is 4.90 Å². The fourth-order valence-electron chi connectivity index (χ4n) is 2.66. The van der Waals surface area contributed by atoms with E-state index in [-0.39, 0.29) is 10.9 Å². The van der Waals surface area contributed by atoms with Gasteiger partial charge < -0.3 is 4.90 Å². The minimum Gasteiger partial charge on any atom is -0.330 e. The van der Waals surface area contributed by atoms with E-state index in [2.05, 4.69) is 19.1 Å². The number of aryl methyl sites for hydroxylation is 1. The van der Waals surface area contributed by atoms with Gasteiger partial charge in [0.25, 0.3) is 5.91 Å². The molecule has 108 valence electrons. The number of rotatable bonds is 3. The molecule has 3 rings (SSSR count). The SMILES string of the molecule is CCc1ccc(CN2Cc3cc(F)cc(Cl)c3C2=O)cc1. The molecule has 0 radical (unpaired) electrons. The highest BCUT2D eigenvalue weighted by molar-refractivity contribution is 6.34. The molecule has 0 bridgehead atoms. The maximum Gasteiger partial charge on any atom is 0.256 e. The summed E-state index contributed by atoms with van der Waals surface area (Å²) in [5, 5.41) is 0.193. The van der Waals surface area contributed by atoms with Gasteiger partial charge in [-0.1, -0.05) is 42.8 Å². The van der Waals surface area contributed by atoms with Gasteiger partial charge >= 0.3 is 0 Å². The van der Waals surface area contributed by atoms with Crippen LogP contribution in [0.3, 0.4) is 0 Å². The molecule has 0 N–H and O–H groups in total. The number of hydrogen-bond donors (Lipinski definition) is 0. The Balaban J connectivity index is 1.82. The molecule has 2 aromatic rings. The standard InChI is InChI=1S/C17H15ClFNO/c1-2-11-3-5-12(6-4-11)9-20-10-13-7-14(19)8-15(18)16(13)17(20)21/h3-8H,2,9-10H2,1H3. The molecular weight excluding hydrogens is 289 g/mol. The van der Waals surface area contributed by atoms with Gasteiger partial charge in [-0.25, -0.2) is 4.39 Å². The second-order valence-corrected chi connectivity index (χ2v) is 5.66. The predicted molar refractivity (Wildman–Crippen MR) is 80.8 cm³/mol. The lowest BCUT2D eigenvalue weighted by atomic mass is 10.1. The van der Waals surface area contributed by atoms with E-state index in [9.17, 15) is 9.18 Å². The Morgan fingerprint density at radius 2 is 1.86 bits per heavy atom. The van der Waals surface area contributed by atoms with Gasteiger partial charge in [-0.05, 0) is 35.2 Å². The predicted octanol–water partition coefficient (Wildman–Crippen LogP) is 4.20. The molecule has 0 spiro atoms. The maximum absolute atomic E-state index is 13.4. The molecule has 0 aliphatic carbocycles. The topological polar surface area (TPSA) is 20.3 Å². The number of carbonyl (C=O) groups excluding carboxylic acids is 1. The summed E-state index contributed by atoms with van der Waals surface area (Å²) in [5.41, 5.74) is 3.42. The molecule has 2 nitrogen and oxygen atoms in total. The molecule has 0 fully saturated rings. The molecule has 4 heteroatoms. The number of benzene rings is 2. The third kappa shape index (κ3) is 2.66. The number of nitrogens with zero attached hydrogens (tertiary/aromatic N) is 1. The Labute approximate surface area is 128 Å². The van der Waals surface area contributed by atoms with E-state index in [1.54, 1.807) is 4.90 Å². The van der Waals surface area contributed by atoms with Crippen molar-refractivity contribution >= 4 is 17.5 Å². The first-order chi connectivity index (χ1) is 10.1. The summed E-state index contributed by atoms with van der Waals surface area (Å²) in [5.74, 6) is -0.532. The van der Waals surface area contributed by atoms with Crippen LogP contribution in [0.15, 0.2) is 36.4 Å². The van der Waals surface area contributed by atoms with Gasteiger partial charge in [-0.2, -0.15) is 0 Å². The zero-order valence-electron chi connectivity index (χ0n) is 11.7. The van der Waals surface area contributed by atoms with Crippen LogP contribution in [0.4, 0.5) is 4.39 Å². The zero-order valence-corrected chi connectivity index (χ0v) is 12.5. The highest BCUT2D eigenvalue weighted by Crippen LogP contribution is 2.31. The molecule has 0 atom stereocenters. The van der Waals surface area contributed by atoms with Crippen LogP contribution in [0, 0.1) is 5.82 Å². The van der Waals surface area contributed by atoms with Crippen molar-refractivity contribution in [3.8, 4) is 0 Å². The van der Waals surface area contributed by atoms with Crippen LogP contribution in [0.2, 0.25) is 5.02 Å². The van der Waals surface area contributed by atoms with Crippen LogP contribution in [0.5, 0.6) is 0 Å². The zero-order chi connectivity index (χ0) is 15.0. The normalized spacial score (nSPS) is 13.7. The molecule has 1 aliphatic rings. The van der Waals surface area contributed by atoms with E-state index in [0.29, 0.717) is 24.2 Å². The van der Waals surface area contributed by atoms with Gasteiger partial charge in [-0.3, -0.25) is 4.79 Å². The number of fused-ring (bicyclic) bond motifs is 1. The summed E-state index contributed by atoms with van der Waals surface area (Å²) in [6.07, 6.45) is 0.989. The van der Waals surface area contributed by atoms with Crippen molar-refractivity contribution in [3.05, 3.63) is 69.5 Å². The van der Waals surface area contributed by atoms with Gasteiger partial charge in [0, 0.05) is 13.1 Å². The smallest absolute Gasteiger partial charge is 0.256 e. The van der Waals surface area contributed by atoms with E-state index in [0.717, 1.165) is 12.0 Å². The van der Waals surface area contributed by atoms with Crippen LogP contribution in [0.1, 0.15) is 34.0 Å². The van der Waals surface area contributed by atoms with Crippen molar-refractivity contribution < 1.29 is 9.18 Å². The molecule has 1 aliphatic heterocycles. The molecule has 0 saturated carbocycles. The first-order valence-electron chi connectivity index (χ1n) is 6.93. The van der Waals surface area contributed by atoms with Gasteiger partial charge in [0.1, 0.15) is 5.82 Å².